The number of rotatable bonds is 6. The topological polar surface area (TPSA) is 111 Å². The largest absolute Gasteiger partial charge is 0.477 e. The van der Waals surface area contributed by atoms with Crippen molar-refractivity contribution in [2.24, 2.45) is 0 Å². The maximum atomic E-state index is 11.4. The van der Waals surface area contributed by atoms with Gasteiger partial charge in [0.05, 0.1) is 4.92 Å². The fourth-order valence-corrected chi connectivity index (χ4v) is 1.51. The Kier molecular flexibility index (Phi) is 6.41. The molecule has 1 aromatic carbocycles. The van der Waals surface area contributed by atoms with Gasteiger partial charge in [0, 0.05) is 17.6 Å². The highest BCUT2D eigenvalue weighted by Crippen LogP contribution is 2.29. The van der Waals surface area contributed by atoms with Gasteiger partial charge in [-0.05, 0) is 18.6 Å². The second-order valence-electron chi connectivity index (χ2n) is 3.96. The maximum absolute atomic E-state index is 11.4. The molecule has 0 aromatic heterocycles. The number of urea groups is 1. The number of hydrogen-bond donors (Lipinski definition) is 2. The number of imide groups is 1. The number of hydrogen-bond acceptors (Lipinski definition) is 5. The normalized spacial score (nSPS) is 9.81. The van der Waals surface area contributed by atoms with Crippen LogP contribution in [0.3, 0.4) is 0 Å². The lowest BCUT2D eigenvalue weighted by Gasteiger charge is -2.08. The van der Waals surface area contributed by atoms with Crippen LogP contribution < -0.4 is 15.4 Å². The first kappa shape index (κ1) is 16.7. The van der Waals surface area contributed by atoms with Gasteiger partial charge in [-0.25, -0.2) is 4.79 Å². The average molecular weight is 316 g/mol. The van der Waals surface area contributed by atoms with Crippen LogP contribution >= 0.6 is 11.6 Å². The Hall–Kier alpha value is -2.35. The number of ether oxygens (including phenoxy) is 1. The van der Waals surface area contributed by atoms with Crippen molar-refractivity contribution in [1.82, 2.24) is 10.6 Å². The number of nitro groups is 1. The first-order valence-electron chi connectivity index (χ1n) is 6.08. The molecule has 0 saturated carbocycles. The molecule has 0 spiro atoms. The Morgan fingerprint density at radius 1 is 1.43 bits per heavy atom. The molecule has 8 nitrogen and oxygen atoms in total. The van der Waals surface area contributed by atoms with Crippen molar-refractivity contribution in [1.29, 1.82) is 0 Å². The molecule has 9 heteroatoms. The third kappa shape index (κ3) is 5.65. The molecule has 2 N–H and O–H groups in total. The third-order valence-corrected chi connectivity index (χ3v) is 2.50. The van der Waals surface area contributed by atoms with E-state index in [0.29, 0.717) is 6.54 Å². The van der Waals surface area contributed by atoms with E-state index < -0.39 is 23.5 Å². The summed E-state index contributed by atoms with van der Waals surface area (Å²) in [6, 6.07) is 3.15. The summed E-state index contributed by atoms with van der Waals surface area (Å²) < 4.78 is 5.03. The number of halogens is 1. The molecular formula is C12H14ClN3O5. The molecule has 1 rings (SSSR count). The summed E-state index contributed by atoms with van der Waals surface area (Å²) in [6.07, 6.45) is 0.731. The summed E-state index contributed by atoms with van der Waals surface area (Å²) in [5, 5.41) is 15.5. The van der Waals surface area contributed by atoms with Crippen molar-refractivity contribution < 1.29 is 19.2 Å². The lowest BCUT2D eigenvalue weighted by atomic mass is 10.3. The van der Waals surface area contributed by atoms with Crippen LogP contribution in [0, 0.1) is 10.1 Å². The van der Waals surface area contributed by atoms with Crippen LogP contribution in [0.5, 0.6) is 5.75 Å². The van der Waals surface area contributed by atoms with E-state index in [2.05, 4.69) is 5.32 Å². The van der Waals surface area contributed by atoms with Crippen molar-refractivity contribution in [2.75, 3.05) is 13.2 Å². The Morgan fingerprint density at radius 2 is 2.14 bits per heavy atom. The SMILES string of the molecule is CCCNC(=O)NC(=O)COc1ccc(Cl)cc1[N+](=O)[O-]. The lowest BCUT2D eigenvalue weighted by Crippen LogP contribution is -2.41. The molecule has 0 fully saturated rings. The van der Waals surface area contributed by atoms with Gasteiger partial charge in [-0.3, -0.25) is 20.2 Å². The van der Waals surface area contributed by atoms with Crippen LogP contribution in [0.1, 0.15) is 13.3 Å². The van der Waals surface area contributed by atoms with Gasteiger partial charge in [0.15, 0.2) is 12.4 Å². The van der Waals surface area contributed by atoms with Crippen molar-refractivity contribution in [3.8, 4) is 5.75 Å². The minimum absolute atomic E-state index is 0.103. The third-order valence-electron chi connectivity index (χ3n) is 2.26. The van der Waals surface area contributed by atoms with E-state index in [4.69, 9.17) is 16.3 Å². The lowest BCUT2D eigenvalue weighted by molar-refractivity contribution is -0.385. The number of carbonyl (C=O) groups excluding carboxylic acids is 2. The molecule has 0 aliphatic heterocycles. The fraction of sp³-hybridized carbons (Fsp3) is 0.333. The Bertz CT molecular complexity index is 550. The molecule has 0 aliphatic rings. The maximum Gasteiger partial charge on any atom is 0.321 e. The van der Waals surface area contributed by atoms with E-state index in [1.807, 2.05) is 12.2 Å². The van der Waals surface area contributed by atoms with Gasteiger partial charge in [-0.2, -0.15) is 0 Å². The second-order valence-corrected chi connectivity index (χ2v) is 4.40. The van der Waals surface area contributed by atoms with E-state index in [0.717, 1.165) is 12.5 Å². The van der Waals surface area contributed by atoms with Crippen LogP contribution in [0.15, 0.2) is 18.2 Å². The zero-order valence-electron chi connectivity index (χ0n) is 11.2. The highest BCUT2D eigenvalue weighted by molar-refractivity contribution is 6.30. The van der Waals surface area contributed by atoms with Gasteiger partial charge in [0.2, 0.25) is 0 Å². The number of nitrogens with one attached hydrogen (secondary N) is 2. The molecule has 114 valence electrons. The van der Waals surface area contributed by atoms with Gasteiger partial charge >= 0.3 is 11.7 Å². The number of nitrogens with zero attached hydrogens (tertiary/aromatic N) is 1. The predicted octanol–water partition coefficient (Wildman–Crippen LogP) is 1.86. The van der Waals surface area contributed by atoms with Gasteiger partial charge in [-0.15, -0.1) is 0 Å². The Balaban J connectivity index is 2.57. The summed E-state index contributed by atoms with van der Waals surface area (Å²) in [7, 11) is 0. The average Bonchev–Trinajstić information content (AvgIpc) is 2.43. The van der Waals surface area contributed by atoms with Crippen LogP contribution in [-0.4, -0.2) is 30.0 Å². The standard InChI is InChI=1S/C12H14ClN3O5/c1-2-5-14-12(18)15-11(17)7-21-10-4-3-8(13)6-9(10)16(19)20/h3-4,6H,2,5,7H2,1H3,(H2,14,15,17,18). The molecule has 1 aromatic rings. The van der Waals surface area contributed by atoms with Crippen LogP contribution in [-0.2, 0) is 4.79 Å². The first-order chi connectivity index (χ1) is 9.93. The summed E-state index contributed by atoms with van der Waals surface area (Å²) in [5.74, 6) is -0.818. The monoisotopic (exact) mass is 315 g/mol. The summed E-state index contributed by atoms with van der Waals surface area (Å²) in [5.41, 5.74) is -0.356. The molecule has 0 aliphatic carbocycles. The molecular weight excluding hydrogens is 302 g/mol. The van der Waals surface area contributed by atoms with Gasteiger partial charge < -0.3 is 10.1 Å². The summed E-state index contributed by atoms with van der Waals surface area (Å²) >= 11 is 5.65. The van der Waals surface area contributed by atoms with Gasteiger partial charge in [0.1, 0.15) is 0 Å². The van der Waals surface area contributed by atoms with Crippen LogP contribution in [0.25, 0.3) is 0 Å². The highest BCUT2D eigenvalue weighted by Gasteiger charge is 2.17. The molecule has 21 heavy (non-hydrogen) atoms. The second kappa shape index (κ2) is 8.05. The van der Waals surface area contributed by atoms with E-state index in [1.165, 1.54) is 12.1 Å². The molecule has 0 atom stereocenters. The summed E-state index contributed by atoms with van der Waals surface area (Å²) in [6.45, 7) is 1.77. The van der Waals surface area contributed by atoms with Crippen LogP contribution in [0.2, 0.25) is 5.02 Å². The number of nitro benzene ring substituents is 1. The number of carbonyl (C=O) groups is 2. The quantitative estimate of drug-likeness (QED) is 0.615. The van der Waals surface area contributed by atoms with Crippen molar-refractivity contribution in [3.05, 3.63) is 33.3 Å². The van der Waals surface area contributed by atoms with Crippen molar-refractivity contribution in [2.45, 2.75) is 13.3 Å². The molecule has 3 amide bonds. The Labute approximate surface area is 125 Å². The summed E-state index contributed by atoms with van der Waals surface area (Å²) in [4.78, 5) is 32.8. The van der Waals surface area contributed by atoms with Gasteiger partial charge in [0.25, 0.3) is 5.91 Å². The van der Waals surface area contributed by atoms with Crippen molar-refractivity contribution in [3.63, 3.8) is 0 Å². The first-order valence-corrected chi connectivity index (χ1v) is 6.46. The number of benzene rings is 1. The zero-order chi connectivity index (χ0) is 15.8. The minimum atomic E-state index is -0.715. The molecule has 0 unspecified atom stereocenters. The van der Waals surface area contributed by atoms with E-state index >= 15 is 0 Å². The number of amides is 3. The zero-order valence-corrected chi connectivity index (χ0v) is 12.0. The highest BCUT2D eigenvalue weighted by atomic mass is 35.5. The molecule has 0 heterocycles. The molecule has 0 saturated heterocycles. The fourth-order valence-electron chi connectivity index (χ4n) is 1.34. The van der Waals surface area contributed by atoms with Crippen LogP contribution in [0.4, 0.5) is 10.5 Å². The predicted molar refractivity (Wildman–Crippen MR) is 75.4 cm³/mol. The smallest absolute Gasteiger partial charge is 0.321 e. The molecule has 0 bridgehead atoms. The van der Waals surface area contributed by atoms with E-state index in [1.54, 1.807) is 0 Å². The minimum Gasteiger partial charge on any atom is -0.477 e. The van der Waals surface area contributed by atoms with E-state index in [-0.39, 0.29) is 16.5 Å². The molecule has 0 radical (unpaired) electrons. The van der Waals surface area contributed by atoms with E-state index in [9.17, 15) is 19.7 Å². The van der Waals surface area contributed by atoms with Gasteiger partial charge in [-0.1, -0.05) is 18.5 Å². The Morgan fingerprint density at radius 3 is 2.76 bits per heavy atom. The van der Waals surface area contributed by atoms with Crippen molar-refractivity contribution >= 4 is 29.2 Å².